The van der Waals surface area contributed by atoms with Crippen molar-refractivity contribution in [3.8, 4) is 0 Å². The summed E-state index contributed by atoms with van der Waals surface area (Å²) in [4.78, 5) is 27.8. The van der Waals surface area contributed by atoms with Gasteiger partial charge < -0.3 is 15.4 Å². The van der Waals surface area contributed by atoms with Crippen molar-refractivity contribution in [2.45, 2.75) is 0 Å². The Hall–Kier alpha value is -2.67. The molecule has 7 nitrogen and oxygen atoms in total. The summed E-state index contributed by atoms with van der Waals surface area (Å²) in [7, 11) is 1.56. The Bertz CT molecular complexity index is 610. The minimum atomic E-state index is -0.385. The number of aromatic nitrogens is 2. The van der Waals surface area contributed by atoms with Crippen LogP contribution in [0.2, 0.25) is 0 Å². The number of anilines is 1. The Labute approximate surface area is 121 Å². The van der Waals surface area contributed by atoms with E-state index in [-0.39, 0.29) is 11.9 Å². The van der Waals surface area contributed by atoms with Crippen molar-refractivity contribution in [2.24, 2.45) is 0 Å². The fourth-order valence-corrected chi connectivity index (χ4v) is 1.71. The number of benzene rings is 1. The molecule has 0 unspecified atom stereocenters. The molecule has 0 spiro atoms. The van der Waals surface area contributed by atoms with Gasteiger partial charge in [-0.1, -0.05) is 12.1 Å². The number of para-hydroxylation sites is 1. The van der Waals surface area contributed by atoms with Crippen molar-refractivity contribution in [1.29, 1.82) is 0 Å². The zero-order valence-corrected chi connectivity index (χ0v) is 11.6. The summed E-state index contributed by atoms with van der Waals surface area (Å²) in [6.45, 7) is 0.828. The van der Waals surface area contributed by atoms with Crippen molar-refractivity contribution in [3.05, 3.63) is 48.5 Å². The highest BCUT2D eigenvalue weighted by Gasteiger charge is 2.13. The zero-order chi connectivity index (χ0) is 15.1. The number of amides is 2. The monoisotopic (exact) mass is 288 g/mol. The third-order valence-corrected chi connectivity index (χ3v) is 2.74. The highest BCUT2D eigenvalue weighted by molar-refractivity contribution is 6.03. The van der Waals surface area contributed by atoms with E-state index in [4.69, 9.17) is 4.74 Å². The van der Waals surface area contributed by atoms with Gasteiger partial charge in [0.1, 0.15) is 6.33 Å². The molecule has 2 N–H and O–H groups in total. The predicted octanol–water partition coefficient (Wildman–Crippen LogP) is 1.34. The highest BCUT2D eigenvalue weighted by atomic mass is 16.5. The molecule has 7 heteroatoms. The first-order valence-corrected chi connectivity index (χ1v) is 6.38. The molecule has 2 amide bonds. The van der Waals surface area contributed by atoms with Crippen LogP contribution < -0.4 is 10.6 Å². The van der Waals surface area contributed by atoms with Crippen LogP contribution in [-0.4, -0.2) is 41.8 Å². The topological polar surface area (TPSA) is 85.3 Å². The van der Waals surface area contributed by atoms with Gasteiger partial charge in [-0.15, -0.1) is 0 Å². The minimum Gasteiger partial charge on any atom is -0.383 e. The van der Waals surface area contributed by atoms with Crippen molar-refractivity contribution < 1.29 is 14.3 Å². The minimum absolute atomic E-state index is 0.270. The summed E-state index contributed by atoms with van der Waals surface area (Å²) in [5.74, 6) is -0.270. The van der Waals surface area contributed by atoms with Crippen molar-refractivity contribution in [1.82, 2.24) is 14.9 Å². The SMILES string of the molecule is COCCNC(=O)c1ccccc1NC(=O)n1ccnc1. The first-order valence-electron chi connectivity index (χ1n) is 6.38. The lowest BCUT2D eigenvalue weighted by Crippen LogP contribution is -2.28. The summed E-state index contributed by atoms with van der Waals surface area (Å²) in [6, 6.07) is 6.41. The van der Waals surface area contributed by atoms with Crippen LogP contribution in [0.1, 0.15) is 10.4 Å². The number of rotatable bonds is 5. The van der Waals surface area contributed by atoms with E-state index < -0.39 is 0 Å². The van der Waals surface area contributed by atoms with Gasteiger partial charge in [0.2, 0.25) is 0 Å². The van der Waals surface area contributed by atoms with Crippen LogP contribution in [0.15, 0.2) is 43.0 Å². The molecule has 0 aliphatic rings. The molecular formula is C14H16N4O3. The molecule has 0 radical (unpaired) electrons. The molecule has 0 bridgehead atoms. The Balaban J connectivity index is 2.09. The van der Waals surface area contributed by atoms with Crippen LogP contribution in [0.4, 0.5) is 10.5 Å². The molecule has 110 valence electrons. The van der Waals surface area contributed by atoms with Gasteiger partial charge >= 0.3 is 6.03 Å². The van der Waals surface area contributed by atoms with Gasteiger partial charge in [-0.3, -0.25) is 9.36 Å². The molecule has 1 aromatic carbocycles. The molecule has 21 heavy (non-hydrogen) atoms. The standard InChI is InChI=1S/C14H16N4O3/c1-21-9-7-16-13(19)11-4-2-3-5-12(11)17-14(20)18-8-6-15-10-18/h2-6,8,10H,7,9H2,1H3,(H,16,19)(H,17,20). The molecule has 0 aliphatic heterocycles. The lowest BCUT2D eigenvalue weighted by atomic mass is 10.1. The molecule has 1 aromatic heterocycles. The zero-order valence-electron chi connectivity index (χ0n) is 11.6. The van der Waals surface area contributed by atoms with E-state index in [1.54, 1.807) is 31.4 Å². The van der Waals surface area contributed by atoms with Crippen LogP contribution in [0.25, 0.3) is 0 Å². The number of carbonyl (C=O) groups is 2. The van der Waals surface area contributed by atoms with Crippen LogP contribution >= 0.6 is 0 Å². The fraction of sp³-hybridized carbons (Fsp3) is 0.214. The number of nitrogens with zero attached hydrogens (tertiary/aromatic N) is 2. The second kappa shape index (κ2) is 7.20. The molecule has 0 atom stereocenters. The first kappa shape index (κ1) is 14.7. The molecule has 2 aromatic rings. The number of hydrogen-bond donors (Lipinski definition) is 2. The lowest BCUT2D eigenvalue weighted by molar-refractivity contribution is 0.0938. The van der Waals surface area contributed by atoms with Crippen molar-refractivity contribution in [3.63, 3.8) is 0 Å². The summed E-state index contributed by atoms with van der Waals surface area (Å²) >= 11 is 0. The van der Waals surface area contributed by atoms with Crippen LogP contribution in [0.3, 0.4) is 0 Å². The maximum absolute atomic E-state index is 12.1. The van der Waals surface area contributed by atoms with E-state index in [1.165, 1.54) is 23.3 Å². The molecule has 0 saturated carbocycles. The normalized spacial score (nSPS) is 10.1. The number of imidazole rings is 1. The first-order chi connectivity index (χ1) is 10.2. The summed E-state index contributed by atoms with van der Waals surface area (Å²) in [5.41, 5.74) is 0.827. The number of ether oxygens (including phenoxy) is 1. The van der Waals surface area contributed by atoms with Crippen molar-refractivity contribution in [2.75, 3.05) is 25.6 Å². The van der Waals surface area contributed by atoms with Gasteiger partial charge in [0.05, 0.1) is 17.9 Å². The maximum Gasteiger partial charge on any atom is 0.331 e. The third-order valence-electron chi connectivity index (χ3n) is 2.74. The average Bonchev–Trinajstić information content (AvgIpc) is 3.02. The van der Waals surface area contributed by atoms with E-state index >= 15 is 0 Å². The number of nitrogens with one attached hydrogen (secondary N) is 2. The summed E-state index contributed by atoms with van der Waals surface area (Å²) in [6.07, 6.45) is 4.41. The number of hydrogen-bond acceptors (Lipinski definition) is 4. The van der Waals surface area contributed by atoms with E-state index in [0.29, 0.717) is 24.4 Å². The number of carbonyl (C=O) groups excluding carboxylic acids is 2. The van der Waals surface area contributed by atoms with E-state index in [1.807, 2.05) is 0 Å². The molecule has 1 heterocycles. The molecule has 0 aliphatic carbocycles. The average molecular weight is 288 g/mol. The maximum atomic E-state index is 12.1. The Kier molecular flexibility index (Phi) is 5.05. The van der Waals surface area contributed by atoms with Crippen LogP contribution in [0, 0.1) is 0 Å². The van der Waals surface area contributed by atoms with Gasteiger partial charge in [0.25, 0.3) is 5.91 Å². The van der Waals surface area contributed by atoms with E-state index in [9.17, 15) is 9.59 Å². The Morgan fingerprint density at radius 2 is 2.14 bits per heavy atom. The highest BCUT2D eigenvalue weighted by Crippen LogP contribution is 2.15. The van der Waals surface area contributed by atoms with E-state index in [0.717, 1.165) is 0 Å². The second-order valence-electron chi connectivity index (χ2n) is 4.19. The van der Waals surface area contributed by atoms with Crippen molar-refractivity contribution >= 4 is 17.6 Å². The molecular weight excluding hydrogens is 272 g/mol. The van der Waals surface area contributed by atoms with E-state index in [2.05, 4.69) is 15.6 Å². The smallest absolute Gasteiger partial charge is 0.331 e. The molecule has 0 fully saturated rings. The third kappa shape index (κ3) is 3.90. The summed E-state index contributed by atoms with van der Waals surface area (Å²) in [5, 5.41) is 5.39. The Morgan fingerprint density at radius 3 is 2.86 bits per heavy atom. The lowest BCUT2D eigenvalue weighted by Gasteiger charge is -2.11. The van der Waals surface area contributed by atoms with Gasteiger partial charge in [0, 0.05) is 26.0 Å². The largest absolute Gasteiger partial charge is 0.383 e. The second-order valence-corrected chi connectivity index (χ2v) is 4.19. The van der Waals surface area contributed by atoms with Crippen LogP contribution in [0.5, 0.6) is 0 Å². The fourth-order valence-electron chi connectivity index (χ4n) is 1.71. The predicted molar refractivity (Wildman–Crippen MR) is 77.3 cm³/mol. The van der Waals surface area contributed by atoms with Gasteiger partial charge in [0.15, 0.2) is 0 Å². The van der Waals surface area contributed by atoms with Gasteiger partial charge in [-0.2, -0.15) is 0 Å². The van der Waals surface area contributed by atoms with Crippen LogP contribution in [-0.2, 0) is 4.74 Å². The van der Waals surface area contributed by atoms with Gasteiger partial charge in [-0.25, -0.2) is 9.78 Å². The summed E-state index contributed by atoms with van der Waals surface area (Å²) < 4.78 is 6.17. The molecule has 0 saturated heterocycles. The number of methoxy groups -OCH3 is 1. The Morgan fingerprint density at radius 1 is 1.33 bits per heavy atom. The molecule has 2 rings (SSSR count). The quantitative estimate of drug-likeness (QED) is 0.813. The van der Waals surface area contributed by atoms with Gasteiger partial charge in [-0.05, 0) is 12.1 Å².